The van der Waals surface area contributed by atoms with Gasteiger partial charge in [-0.2, -0.15) is 9.97 Å². The molecule has 37 heavy (non-hydrogen) atoms. The Kier molecular flexibility index (Phi) is 4.47. The van der Waals surface area contributed by atoms with Crippen LogP contribution in [0.1, 0.15) is 11.3 Å². The monoisotopic (exact) mass is 498 g/mol. The topological polar surface area (TPSA) is 145 Å². The van der Waals surface area contributed by atoms with Crippen LogP contribution in [-0.4, -0.2) is 51.5 Å². The molecule has 2 fully saturated rings. The van der Waals surface area contributed by atoms with Gasteiger partial charge in [0.15, 0.2) is 5.75 Å². The van der Waals surface area contributed by atoms with Crippen LogP contribution < -0.4 is 26.4 Å². The Hall–Kier alpha value is -4.38. The van der Waals surface area contributed by atoms with Crippen molar-refractivity contribution < 1.29 is 13.9 Å². The zero-order chi connectivity index (χ0) is 25.5. The molecule has 3 atom stereocenters. The number of nitrogens with two attached hydrogens (primary N) is 2. The molecule has 11 heteroatoms. The highest BCUT2D eigenvalue weighted by atomic mass is 19.1. The van der Waals surface area contributed by atoms with Crippen LogP contribution in [0.15, 0.2) is 42.7 Å². The fourth-order valence-corrected chi connectivity index (χ4v) is 5.89. The SMILES string of the molecule is CNc1cc(F)cc2c1Cc1nc(Oc3cnc4cccnc4c3)nc(N3C[C@@H]4[C@H](C3)C4(N)C(N)=O)c1-2. The van der Waals surface area contributed by atoms with Crippen molar-refractivity contribution >= 4 is 28.4 Å². The van der Waals surface area contributed by atoms with Crippen molar-refractivity contribution in [3.63, 3.8) is 0 Å². The molecule has 10 nitrogen and oxygen atoms in total. The van der Waals surface area contributed by atoms with Gasteiger partial charge in [-0.15, -0.1) is 0 Å². The molecule has 4 heterocycles. The molecule has 3 aliphatic rings. The first-order chi connectivity index (χ1) is 17.9. The molecule has 1 amide bonds. The molecule has 7 rings (SSSR count). The van der Waals surface area contributed by atoms with Crippen LogP contribution in [0.2, 0.25) is 0 Å². The Morgan fingerprint density at radius 3 is 2.76 bits per heavy atom. The summed E-state index contributed by atoms with van der Waals surface area (Å²) >= 11 is 0. The van der Waals surface area contributed by atoms with E-state index in [1.807, 2.05) is 12.1 Å². The highest BCUT2D eigenvalue weighted by Gasteiger charge is 2.70. The third-order valence-electron chi connectivity index (χ3n) is 7.84. The van der Waals surface area contributed by atoms with Crippen molar-refractivity contribution in [3.8, 4) is 22.9 Å². The number of nitrogens with one attached hydrogen (secondary N) is 1. The number of aromatic nitrogens is 4. The molecule has 3 aromatic heterocycles. The zero-order valence-corrected chi connectivity index (χ0v) is 19.9. The highest BCUT2D eigenvalue weighted by Crippen LogP contribution is 2.55. The first-order valence-electron chi connectivity index (χ1n) is 12.0. The summed E-state index contributed by atoms with van der Waals surface area (Å²) in [5.74, 6) is 0.123. The van der Waals surface area contributed by atoms with Gasteiger partial charge >= 0.3 is 6.01 Å². The average molecular weight is 499 g/mol. The van der Waals surface area contributed by atoms with Gasteiger partial charge in [-0.1, -0.05) is 0 Å². The van der Waals surface area contributed by atoms with Crippen LogP contribution in [0.25, 0.3) is 22.2 Å². The summed E-state index contributed by atoms with van der Waals surface area (Å²) in [6, 6.07) is 8.61. The van der Waals surface area contributed by atoms with E-state index in [0.29, 0.717) is 42.3 Å². The number of pyridine rings is 2. The van der Waals surface area contributed by atoms with E-state index in [0.717, 1.165) is 27.9 Å². The second-order valence-electron chi connectivity index (χ2n) is 9.79. The lowest BCUT2D eigenvalue weighted by molar-refractivity contribution is -0.120. The number of halogens is 1. The summed E-state index contributed by atoms with van der Waals surface area (Å²) in [5.41, 5.74) is 16.2. The highest BCUT2D eigenvalue weighted by molar-refractivity contribution is 5.92. The lowest BCUT2D eigenvalue weighted by Gasteiger charge is -2.26. The number of hydrogen-bond donors (Lipinski definition) is 3. The van der Waals surface area contributed by atoms with E-state index in [1.54, 1.807) is 25.5 Å². The first-order valence-corrected chi connectivity index (χ1v) is 12.0. The summed E-state index contributed by atoms with van der Waals surface area (Å²) in [7, 11) is 1.76. The Bertz CT molecular complexity index is 1610. The number of primary amides is 1. The number of carbonyl (C=O) groups is 1. The molecule has 1 aromatic carbocycles. The van der Waals surface area contributed by atoms with Crippen LogP contribution in [0.4, 0.5) is 15.9 Å². The number of piperidine rings is 1. The van der Waals surface area contributed by atoms with Crippen molar-refractivity contribution in [2.24, 2.45) is 23.3 Å². The van der Waals surface area contributed by atoms with Gasteiger partial charge in [-0.25, -0.2) is 4.39 Å². The third-order valence-corrected chi connectivity index (χ3v) is 7.84. The Labute approximate surface area is 210 Å². The second kappa shape index (κ2) is 7.56. The quantitative estimate of drug-likeness (QED) is 0.332. The maximum absolute atomic E-state index is 14.6. The van der Waals surface area contributed by atoms with Crippen LogP contribution in [-0.2, 0) is 11.2 Å². The van der Waals surface area contributed by atoms with Gasteiger partial charge in [0.05, 0.1) is 22.9 Å². The minimum Gasteiger partial charge on any atom is -0.423 e. The normalized spacial score (nSPS) is 22.9. The maximum atomic E-state index is 14.6. The van der Waals surface area contributed by atoms with E-state index >= 15 is 0 Å². The van der Waals surface area contributed by atoms with Gasteiger partial charge in [-0.3, -0.25) is 14.8 Å². The third kappa shape index (κ3) is 3.17. The van der Waals surface area contributed by atoms with Crippen molar-refractivity contribution in [2.75, 3.05) is 30.4 Å². The molecular formula is C26H23FN8O2. The van der Waals surface area contributed by atoms with Crippen LogP contribution in [0.5, 0.6) is 11.8 Å². The molecule has 186 valence electrons. The van der Waals surface area contributed by atoms with E-state index in [4.69, 9.17) is 26.2 Å². The molecule has 1 saturated carbocycles. The van der Waals surface area contributed by atoms with Gasteiger partial charge in [0, 0.05) is 61.9 Å². The van der Waals surface area contributed by atoms with Crippen molar-refractivity contribution in [1.29, 1.82) is 0 Å². The number of amides is 1. The number of fused-ring (bicyclic) bond motifs is 5. The number of carbonyl (C=O) groups excluding carboxylic acids is 1. The summed E-state index contributed by atoms with van der Waals surface area (Å²) < 4.78 is 20.6. The average Bonchev–Trinajstić information content (AvgIpc) is 3.22. The molecule has 2 aliphatic carbocycles. The lowest BCUT2D eigenvalue weighted by Crippen LogP contribution is -2.47. The lowest BCUT2D eigenvalue weighted by atomic mass is 10.0. The standard InChI is InChI=1S/C26H23FN8O2/c1-30-19-6-12(27)5-15-14(19)8-21-22(15)23(35-10-16-17(11-35)26(16,29)24(28)36)34-25(33-21)37-13-7-20-18(32-9-13)3-2-4-31-20/h2-7,9,16-17,30H,8,10-11,29H2,1H3,(H2,28,36)/t16-,17+,26?. The molecular weight excluding hydrogens is 475 g/mol. The fourth-order valence-electron chi connectivity index (χ4n) is 5.89. The van der Waals surface area contributed by atoms with Gasteiger partial charge in [-0.05, 0) is 35.4 Å². The Morgan fingerprint density at radius 2 is 2.00 bits per heavy atom. The number of rotatable bonds is 5. The number of anilines is 2. The maximum Gasteiger partial charge on any atom is 0.324 e. The Balaban J connectivity index is 1.31. The summed E-state index contributed by atoms with van der Waals surface area (Å²) in [6.07, 6.45) is 3.78. The van der Waals surface area contributed by atoms with Gasteiger partial charge in [0.2, 0.25) is 5.91 Å². The van der Waals surface area contributed by atoms with Crippen LogP contribution in [0.3, 0.4) is 0 Å². The number of benzene rings is 1. The minimum atomic E-state index is -0.987. The molecule has 5 N–H and O–H groups in total. The van der Waals surface area contributed by atoms with Crippen LogP contribution >= 0.6 is 0 Å². The molecule has 1 saturated heterocycles. The van der Waals surface area contributed by atoms with Gasteiger partial charge < -0.3 is 26.4 Å². The zero-order valence-electron chi connectivity index (χ0n) is 19.9. The van der Waals surface area contributed by atoms with E-state index in [2.05, 4.69) is 20.2 Å². The van der Waals surface area contributed by atoms with Gasteiger partial charge in [0.25, 0.3) is 0 Å². The van der Waals surface area contributed by atoms with E-state index < -0.39 is 11.4 Å². The Morgan fingerprint density at radius 1 is 1.19 bits per heavy atom. The van der Waals surface area contributed by atoms with Crippen molar-refractivity contribution in [3.05, 3.63) is 59.8 Å². The molecule has 0 bridgehead atoms. The minimum absolute atomic E-state index is 0.0583. The van der Waals surface area contributed by atoms with Crippen molar-refractivity contribution in [1.82, 2.24) is 19.9 Å². The van der Waals surface area contributed by atoms with E-state index in [9.17, 15) is 9.18 Å². The van der Waals surface area contributed by atoms with E-state index in [1.165, 1.54) is 12.1 Å². The molecule has 1 aliphatic heterocycles. The molecule has 0 spiro atoms. The number of ether oxygens (including phenoxy) is 1. The number of nitrogens with zero attached hydrogens (tertiary/aromatic N) is 5. The number of hydrogen-bond acceptors (Lipinski definition) is 9. The predicted molar refractivity (Wildman–Crippen MR) is 135 cm³/mol. The summed E-state index contributed by atoms with van der Waals surface area (Å²) in [4.78, 5) is 32.2. The smallest absolute Gasteiger partial charge is 0.324 e. The van der Waals surface area contributed by atoms with E-state index in [-0.39, 0.29) is 23.7 Å². The predicted octanol–water partition coefficient (Wildman–Crippen LogP) is 2.21. The summed E-state index contributed by atoms with van der Waals surface area (Å²) in [6.45, 7) is 1.02. The van der Waals surface area contributed by atoms with Crippen molar-refractivity contribution in [2.45, 2.75) is 12.0 Å². The largest absolute Gasteiger partial charge is 0.423 e. The molecule has 4 aromatic rings. The first kappa shape index (κ1) is 21.9. The molecule has 1 unspecified atom stereocenters. The van der Waals surface area contributed by atoms with Gasteiger partial charge in [0.1, 0.15) is 17.2 Å². The molecule has 0 radical (unpaired) electrons. The van der Waals surface area contributed by atoms with Crippen LogP contribution in [0, 0.1) is 17.7 Å². The summed E-state index contributed by atoms with van der Waals surface area (Å²) in [5, 5.41) is 3.08. The second-order valence-corrected chi connectivity index (χ2v) is 9.79. The fraction of sp³-hybridized carbons (Fsp3) is 0.269.